The van der Waals surface area contributed by atoms with E-state index in [0.29, 0.717) is 24.5 Å². The molecule has 19 heavy (non-hydrogen) atoms. The summed E-state index contributed by atoms with van der Waals surface area (Å²) in [5.74, 6) is 0.872. The van der Waals surface area contributed by atoms with Gasteiger partial charge in [-0.25, -0.2) is 4.79 Å². The van der Waals surface area contributed by atoms with E-state index in [1.807, 2.05) is 19.1 Å². The molecule has 5 heteroatoms. The van der Waals surface area contributed by atoms with Crippen LogP contribution in [-0.4, -0.2) is 42.3 Å². The number of ether oxygens (including phenoxy) is 1. The molecule has 0 bridgehead atoms. The summed E-state index contributed by atoms with van der Waals surface area (Å²) in [7, 11) is 1.57. The van der Waals surface area contributed by atoms with Crippen LogP contribution < -0.4 is 10.1 Å². The van der Waals surface area contributed by atoms with Crippen LogP contribution in [0, 0.1) is 5.92 Å². The van der Waals surface area contributed by atoms with Gasteiger partial charge in [0.25, 0.3) is 0 Å². The fraction of sp³-hybridized carbons (Fsp3) is 0.500. The summed E-state index contributed by atoms with van der Waals surface area (Å²) < 4.78 is 5.19. The van der Waals surface area contributed by atoms with Crippen molar-refractivity contribution in [3.8, 4) is 5.75 Å². The Kier molecular flexibility index (Phi) is 4.27. The molecule has 1 saturated heterocycles. The predicted molar refractivity (Wildman–Crippen MR) is 73.4 cm³/mol. The minimum Gasteiger partial charge on any atom is -0.495 e. The fourth-order valence-electron chi connectivity index (χ4n) is 2.18. The molecular formula is C14H20N2O3. The van der Waals surface area contributed by atoms with Crippen LogP contribution in [0.25, 0.3) is 0 Å². The highest BCUT2D eigenvalue weighted by Crippen LogP contribution is 2.24. The van der Waals surface area contributed by atoms with Gasteiger partial charge in [-0.15, -0.1) is 0 Å². The van der Waals surface area contributed by atoms with Gasteiger partial charge in [-0.05, 0) is 24.5 Å². The van der Waals surface area contributed by atoms with E-state index >= 15 is 0 Å². The number of likely N-dealkylation sites (tertiary alicyclic amines) is 1. The Hall–Kier alpha value is -1.75. The number of hydrogen-bond acceptors (Lipinski definition) is 3. The summed E-state index contributed by atoms with van der Waals surface area (Å²) in [6.45, 7) is 3.04. The molecule has 0 radical (unpaired) electrons. The first kappa shape index (κ1) is 13.7. The Morgan fingerprint density at radius 2 is 2.21 bits per heavy atom. The number of amides is 2. The van der Waals surface area contributed by atoms with Gasteiger partial charge in [0.05, 0.1) is 18.9 Å². The number of benzene rings is 1. The van der Waals surface area contributed by atoms with Gasteiger partial charge in [0, 0.05) is 13.1 Å². The number of aliphatic hydroxyl groups is 1. The Bertz CT molecular complexity index is 450. The summed E-state index contributed by atoms with van der Waals surface area (Å²) in [6, 6.07) is 7.07. The Morgan fingerprint density at radius 1 is 1.47 bits per heavy atom. The number of nitrogens with one attached hydrogen (secondary N) is 1. The van der Waals surface area contributed by atoms with Crippen molar-refractivity contribution in [3.63, 3.8) is 0 Å². The van der Waals surface area contributed by atoms with E-state index in [9.17, 15) is 9.90 Å². The molecule has 0 aromatic heterocycles. The molecule has 2 atom stereocenters. The second kappa shape index (κ2) is 5.93. The number of piperidine rings is 1. The van der Waals surface area contributed by atoms with E-state index in [1.165, 1.54) is 0 Å². The molecule has 1 heterocycles. The number of methoxy groups -OCH3 is 1. The summed E-state index contributed by atoms with van der Waals surface area (Å²) in [5, 5.41) is 12.6. The van der Waals surface area contributed by atoms with Crippen molar-refractivity contribution in [2.45, 2.75) is 19.4 Å². The fourth-order valence-corrected chi connectivity index (χ4v) is 2.18. The van der Waals surface area contributed by atoms with Crippen molar-refractivity contribution in [2.24, 2.45) is 5.92 Å². The summed E-state index contributed by atoms with van der Waals surface area (Å²) in [5.41, 5.74) is 0.642. The molecule has 0 aliphatic carbocycles. The van der Waals surface area contributed by atoms with Crippen LogP contribution in [0.4, 0.5) is 10.5 Å². The van der Waals surface area contributed by atoms with Crippen LogP contribution in [0.5, 0.6) is 5.75 Å². The number of carbonyl (C=O) groups is 1. The van der Waals surface area contributed by atoms with Gasteiger partial charge in [-0.3, -0.25) is 0 Å². The maximum Gasteiger partial charge on any atom is 0.322 e. The zero-order chi connectivity index (χ0) is 13.8. The van der Waals surface area contributed by atoms with Gasteiger partial charge in [-0.2, -0.15) is 0 Å². The largest absolute Gasteiger partial charge is 0.495 e. The van der Waals surface area contributed by atoms with Crippen LogP contribution in [0.3, 0.4) is 0 Å². The van der Waals surface area contributed by atoms with Gasteiger partial charge >= 0.3 is 6.03 Å². The molecule has 2 rings (SSSR count). The quantitative estimate of drug-likeness (QED) is 0.858. The minimum atomic E-state index is -0.447. The average molecular weight is 264 g/mol. The normalized spacial score (nSPS) is 23.0. The maximum absolute atomic E-state index is 12.1. The topological polar surface area (TPSA) is 61.8 Å². The molecular weight excluding hydrogens is 244 g/mol. The minimum absolute atomic E-state index is 0.199. The molecule has 0 spiro atoms. The molecule has 5 nitrogen and oxygen atoms in total. The van der Waals surface area contributed by atoms with E-state index in [4.69, 9.17) is 4.74 Å². The lowest BCUT2D eigenvalue weighted by atomic mass is 9.96. The maximum atomic E-state index is 12.1. The highest BCUT2D eigenvalue weighted by molar-refractivity contribution is 5.91. The molecule has 1 aliphatic heterocycles. The van der Waals surface area contributed by atoms with Crippen molar-refractivity contribution >= 4 is 11.7 Å². The first-order valence-corrected chi connectivity index (χ1v) is 6.49. The van der Waals surface area contributed by atoms with Gasteiger partial charge in [0.1, 0.15) is 5.75 Å². The summed E-state index contributed by atoms with van der Waals surface area (Å²) in [6.07, 6.45) is 0.373. The second-order valence-corrected chi connectivity index (χ2v) is 4.91. The van der Waals surface area contributed by atoms with Crippen molar-refractivity contribution < 1.29 is 14.6 Å². The number of carbonyl (C=O) groups excluding carboxylic acids is 1. The van der Waals surface area contributed by atoms with E-state index in [2.05, 4.69) is 5.32 Å². The van der Waals surface area contributed by atoms with Crippen molar-refractivity contribution in [2.75, 3.05) is 25.5 Å². The lowest BCUT2D eigenvalue weighted by Gasteiger charge is -2.34. The van der Waals surface area contributed by atoms with Crippen LogP contribution in [0.2, 0.25) is 0 Å². The Morgan fingerprint density at radius 3 is 2.89 bits per heavy atom. The van der Waals surface area contributed by atoms with E-state index < -0.39 is 6.10 Å². The standard InChI is InChI=1S/C14H20N2O3/c1-10-7-8-16(9-12(10)17)14(18)15-11-5-3-4-6-13(11)19-2/h3-6,10,12,17H,7-9H2,1-2H3,(H,15,18). The smallest absolute Gasteiger partial charge is 0.322 e. The third kappa shape index (κ3) is 3.17. The average Bonchev–Trinajstić information content (AvgIpc) is 2.42. The molecule has 104 valence electrons. The van der Waals surface area contributed by atoms with Gasteiger partial charge in [0.15, 0.2) is 0 Å². The first-order chi connectivity index (χ1) is 9.11. The van der Waals surface area contributed by atoms with E-state index in [1.54, 1.807) is 24.1 Å². The third-order valence-electron chi connectivity index (χ3n) is 3.55. The lowest BCUT2D eigenvalue weighted by Crippen LogP contribution is -2.47. The van der Waals surface area contributed by atoms with Crippen molar-refractivity contribution in [1.29, 1.82) is 0 Å². The number of aliphatic hydroxyl groups excluding tert-OH is 1. The van der Waals surface area contributed by atoms with Gasteiger partial charge < -0.3 is 20.1 Å². The lowest BCUT2D eigenvalue weighted by molar-refractivity contribution is 0.0463. The molecule has 0 saturated carbocycles. The number of para-hydroxylation sites is 2. The number of β-amino-alcohol motifs (C(OH)–C–C–N with tert-alkyl or cyclic N) is 1. The molecule has 2 unspecified atom stereocenters. The number of urea groups is 1. The van der Waals surface area contributed by atoms with Gasteiger partial charge in [0.2, 0.25) is 0 Å². The third-order valence-corrected chi connectivity index (χ3v) is 3.55. The molecule has 2 N–H and O–H groups in total. The zero-order valence-electron chi connectivity index (χ0n) is 11.3. The van der Waals surface area contributed by atoms with Crippen LogP contribution in [0.15, 0.2) is 24.3 Å². The SMILES string of the molecule is COc1ccccc1NC(=O)N1CCC(C)C(O)C1. The van der Waals surface area contributed by atoms with E-state index in [-0.39, 0.29) is 11.9 Å². The molecule has 1 aromatic carbocycles. The first-order valence-electron chi connectivity index (χ1n) is 6.49. The van der Waals surface area contributed by atoms with Crippen LogP contribution in [0.1, 0.15) is 13.3 Å². The second-order valence-electron chi connectivity index (χ2n) is 4.91. The van der Waals surface area contributed by atoms with Crippen LogP contribution in [-0.2, 0) is 0 Å². The predicted octanol–water partition coefficient (Wildman–Crippen LogP) is 1.93. The van der Waals surface area contributed by atoms with Gasteiger partial charge in [-0.1, -0.05) is 19.1 Å². The highest BCUT2D eigenvalue weighted by atomic mass is 16.5. The number of rotatable bonds is 2. The molecule has 1 aromatic rings. The number of anilines is 1. The molecule has 1 fully saturated rings. The van der Waals surface area contributed by atoms with E-state index in [0.717, 1.165) is 6.42 Å². The number of hydrogen-bond donors (Lipinski definition) is 2. The Labute approximate surface area is 113 Å². The van der Waals surface area contributed by atoms with Crippen LogP contribution >= 0.6 is 0 Å². The Balaban J connectivity index is 2.01. The highest BCUT2D eigenvalue weighted by Gasteiger charge is 2.27. The van der Waals surface area contributed by atoms with Crippen molar-refractivity contribution in [1.82, 2.24) is 4.90 Å². The summed E-state index contributed by atoms with van der Waals surface area (Å²) in [4.78, 5) is 13.8. The molecule has 1 aliphatic rings. The number of nitrogens with zero attached hydrogens (tertiary/aromatic N) is 1. The van der Waals surface area contributed by atoms with Crippen molar-refractivity contribution in [3.05, 3.63) is 24.3 Å². The summed E-state index contributed by atoms with van der Waals surface area (Å²) >= 11 is 0. The zero-order valence-corrected chi connectivity index (χ0v) is 11.3. The molecule has 2 amide bonds. The monoisotopic (exact) mass is 264 g/mol.